The van der Waals surface area contributed by atoms with Crippen molar-refractivity contribution in [3.05, 3.63) is 59.1 Å². The first kappa shape index (κ1) is 19.6. The topological polar surface area (TPSA) is 50.7 Å². The molecule has 2 aromatic carbocycles. The van der Waals surface area contributed by atoms with Crippen LogP contribution in [0.15, 0.2) is 46.0 Å². The smallest absolute Gasteiger partial charge is 0.272 e. The number of hydrogen-bond donors (Lipinski definition) is 1. The Morgan fingerprint density at radius 1 is 1.25 bits per heavy atom. The van der Waals surface area contributed by atoms with Gasteiger partial charge in [-0.15, -0.1) is 0 Å². The number of halogens is 3. The summed E-state index contributed by atoms with van der Waals surface area (Å²) in [5.41, 5.74) is 3.98. The largest absolute Gasteiger partial charge is 0.489 e. The van der Waals surface area contributed by atoms with E-state index in [4.69, 9.17) is 4.74 Å². The first-order valence-electron chi connectivity index (χ1n) is 7.12. The molecule has 0 aliphatic heterocycles. The van der Waals surface area contributed by atoms with E-state index in [1.165, 1.54) is 0 Å². The number of amides is 1. The predicted octanol–water partition coefficient (Wildman–Crippen LogP) is 5.21. The molecule has 0 unspecified atom stereocenters. The molecule has 2 rings (SSSR count). The lowest BCUT2D eigenvalue weighted by Gasteiger charge is -2.14. The van der Waals surface area contributed by atoms with E-state index in [2.05, 4.69) is 71.6 Å². The minimum Gasteiger partial charge on any atom is -0.489 e. The number of hydrogen-bond acceptors (Lipinski definition) is 3. The minimum absolute atomic E-state index is 0.121. The maximum atomic E-state index is 12.1. The minimum atomic E-state index is -0.261. The molecule has 0 atom stereocenters. The van der Waals surface area contributed by atoms with Gasteiger partial charge in [-0.2, -0.15) is 5.10 Å². The molecule has 0 bridgehead atoms. The molecule has 0 saturated heterocycles. The highest BCUT2D eigenvalue weighted by Gasteiger charge is 2.10. The van der Waals surface area contributed by atoms with Gasteiger partial charge in [0.1, 0.15) is 5.75 Å². The molecular formula is C17H15BrI2N2O2. The Morgan fingerprint density at radius 2 is 1.88 bits per heavy atom. The van der Waals surface area contributed by atoms with Gasteiger partial charge in [-0.05, 0) is 105 Å². The van der Waals surface area contributed by atoms with Crippen LogP contribution in [-0.4, -0.2) is 18.2 Å². The second kappa shape index (κ2) is 9.14. The monoisotopic (exact) mass is 612 g/mol. The summed E-state index contributed by atoms with van der Waals surface area (Å²) >= 11 is 7.83. The fourth-order valence-electron chi connectivity index (χ4n) is 1.87. The van der Waals surface area contributed by atoms with Crippen molar-refractivity contribution in [2.24, 2.45) is 5.10 Å². The van der Waals surface area contributed by atoms with Crippen LogP contribution < -0.4 is 10.2 Å². The third-order valence-corrected chi connectivity index (χ3v) is 5.17. The molecule has 0 saturated carbocycles. The van der Waals surface area contributed by atoms with Gasteiger partial charge in [0.25, 0.3) is 5.91 Å². The molecule has 24 heavy (non-hydrogen) atoms. The summed E-state index contributed by atoms with van der Waals surface area (Å²) in [6.07, 6.45) is 1.74. The number of carbonyl (C=O) groups excluding carboxylic acids is 1. The van der Waals surface area contributed by atoms with E-state index in [9.17, 15) is 4.79 Å². The van der Waals surface area contributed by atoms with E-state index in [0.29, 0.717) is 5.56 Å². The zero-order chi connectivity index (χ0) is 17.7. The highest BCUT2D eigenvalue weighted by Crippen LogP contribution is 2.29. The number of hydrazone groups is 1. The first-order valence-corrected chi connectivity index (χ1v) is 10.1. The van der Waals surface area contributed by atoms with Crippen molar-refractivity contribution in [2.75, 3.05) is 0 Å². The van der Waals surface area contributed by atoms with E-state index in [1.54, 1.807) is 12.3 Å². The Labute approximate surface area is 176 Å². The molecule has 2 aromatic rings. The standard InChI is InChI=1S/C17H15BrI2N2O2/c1-10(2)24-16-14(19)7-11(8-15(16)20)9-21-22-17(23)12-5-3-4-6-13(12)18/h3-10H,1-2H3,(H,22,23)/b21-9+. The summed E-state index contributed by atoms with van der Waals surface area (Å²) in [5.74, 6) is 0.614. The fraction of sp³-hybridized carbons (Fsp3) is 0.176. The van der Waals surface area contributed by atoms with Crippen LogP contribution in [0.1, 0.15) is 29.8 Å². The van der Waals surface area contributed by atoms with Crippen LogP contribution in [-0.2, 0) is 0 Å². The van der Waals surface area contributed by atoms with Crippen molar-refractivity contribution in [3.63, 3.8) is 0 Å². The lowest BCUT2D eigenvalue weighted by Crippen LogP contribution is -2.18. The Balaban J connectivity index is 2.10. The summed E-state index contributed by atoms with van der Waals surface area (Å²) in [6.45, 7) is 4.00. The van der Waals surface area contributed by atoms with Gasteiger partial charge in [-0.1, -0.05) is 12.1 Å². The third-order valence-electron chi connectivity index (χ3n) is 2.87. The van der Waals surface area contributed by atoms with Crippen LogP contribution in [0.25, 0.3) is 0 Å². The SMILES string of the molecule is CC(C)Oc1c(I)cc(/C=N/NC(=O)c2ccccc2Br)cc1I. The molecule has 0 radical (unpaired) electrons. The lowest BCUT2D eigenvalue weighted by atomic mass is 10.2. The number of nitrogens with one attached hydrogen (secondary N) is 1. The first-order chi connectivity index (χ1) is 11.4. The molecule has 0 spiro atoms. The van der Waals surface area contributed by atoms with Crippen molar-refractivity contribution in [3.8, 4) is 5.75 Å². The molecule has 1 N–H and O–H groups in total. The normalized spacial score (nSPS) is 11.1. The Morgan fingerprint density at radius 3 is 2.46 bits per heavy atom. The maximum Gasteiger partial charge on any atom is 0.272 e. The van der Waals surface area contributed by atoms with Crippen LogP contribution in [0.3, 0.4) is 0 Å². The molecule has 4 nitrogen and oxygen atoms in total. The van der Waals surface area contributed by atoms with E-state index in [-0.39, 0.29) is 12.0 Å². The number of carbonyl (C=O) groups is 1. The average molecular weight is 613 g/mol. The summed E-state index contributed by atoms with van der Waals surface area (Å²) in [6, 6.07) is 11.1. The van der Waals surface area contributed by atoms with Gasteiger partial charge >= 0.3 is 0 Å². The molecule has 0 fully saturated rings. The predicted molar refractivity (Wildman–Crippen MR) is 117 cm³/mol. The third kappa shape index (κ3) is 5.41. The van der Waals surface area contributed by atoms with Crippen molar-refractivity contribution < 1.29 is 9.53 Å². The van der Waals surface area contributed by atoms with Crippen LogP contribution in [0, 0.1) is 7.14 Å². The van der Waals surface area contributed by atoms with Gasteiger partial charge in [0, 0.05) is 4.47 Å². The maximum absolute atomic E-state index is 12.1. The highest BCUT2D eigenvalue weighted by atomic mass is 127. The molecule has 126 valence electrons. The van der Waals surface area contributed by atoms with E-state index >= 15 is 0 Å². The summed E-state index contributed by atoms with van der Waals surface area (Å²) < 4.78 is 8.56. The Hall–Kier alpha value is -0.680. The highest BCUT2D eigenvalue weighted by molar-refractivity contribution is 14.1. The molecule has 7 heteroatoms. The number of nitrogens with zero attached hydrogens (tertiary/aromatic N) is 1. The van der Waals surface area contributed by atoms with Crippen LogP contribution in [0.5, 0.6) is 5.75 Å². The van der Waals surface area contributed by atoms with E-state index in [0.717, 1.165) is 22.9 Å². The van der Waals surface area contributed by atoms with Gasteiger partial charge in [0.05, 0.1) is 25.0 Å². The Kier molecular flexibility index (Phi) is 7.48. The van der Waals surface area contributed by atoms with E-state index < -0.39 is 0 Å². The van der Waals surface area contributed by atoms with Crippen LogP contribution >= 0.6 is 61.1 Å². The van der Waals surface area contributed by atoms with Gasteiger partial charge in [-0.3, -0.25) is 4.79 Å². The number of benzene rings is 2. The molecule has 0 aliphatic rings. The molecule has 0 heterocycles. The van der Waals surface area contributed by atoms with E-state index in [1.807, 2.05) is 44.2 Å². The Bertz CT molecular complexity index is 756. The average Bonchev–Trinajstić information content (AvgIpc) is 2.51. The second-order valence-corrected chi connectivity index (χ2v) is 8.34. The van der Waals surface area contributed by atoms with Crippen molar-refractivity contribution in [1.82, 2.24) is 5.43 Å². The van der Waals surface area contributed by atoms with Gasteiger partial charge in [-0.25, -0.2) is 5.43 Å². The van der Waals surface area contributed by atoms with Gasteiger partial charge < -0.3 is 4.74 Å². The van der Waals surface area contributed by atoms with Crippen molar-refractivity contribution >= 4 is 73.2 Å². The molecule has 0 aromatic heterocycles. The zero-order valence-electron chi connectivity index (χ0n) is 13.0. The van der Waals surface area contributed by atoms with Gasteiger partial charge in [0.2, 0.25) is 0 Å². The molecular weight excluding hydrogens is 598 g/mol. The summed E-state index contributed by atoms with van der Waals surface area (Å²) in [4.78, 5) is 12.1. The van der Waals surface area contributed by atoms with Crippen LogP contribution in [0.2, 0.25) is 0 Å². The van der Waals surface area contributed by atoms with Crippen molar-refractivity contribution in [1.29, 1.82) is 0 Å². The fourth-order valence-corrected chi connectivity index (χ4v) is 4.41. The molecule has 1 amide bonds. The van der Waals surface area contributed by atoms with Gasteiger partial charge in [0.15, 0.2) is 0 Å². The summed E-state index contributed by atoms with van der Waals surface area (Å²) in [5, 5.41) is 4.04. The van der Waals surface area contributed by atoms with Crippen molar-refractivity contribution in [2.45, 2.75) is 20.0 Å². The zero-order valence-corrected chi connectivity index (χ0v) is 18.9. The number of rotatable bonds is 5. The quantitative estimate of drug-likeness (QED) is 0.286. The van der Waals surface area contributed by atoms with Crippen LogP contribution in [0.4, 0.5) is 0 Å². The number of ether oxygens (including phenoxy) is 1. The second-order valence-electron chi connectivity index (χ2n) is 5.16. The molecule has 0 aliphatic carbocycles. The summed E-state index contributed by atoms with van der Waals surface area (Å²) in [7, 11) is 0. The lowest BCUT2D eigenvalue weighted by molar-refractivity contribution is 0.0954.